The summed E-state index contributed by atoms with van der Waals surface area (Å²) in [5, 5.41) is 0. The average Bonchev–Trinajstić information content (AvgIpc) is 2.56. The summed E-state index contributed by atoms with van der Waals surface area (Å²) < 4.78 is 0. The second-order valence-corrected chi connectivity index (χ2v) is 3.58. The van der Waals surface area contributed by atoms with Crippen molar-refractivity contribution in [3.63, 3.8) is 0 Å². The Morgan fingerprint density at radius 3 is 3.00 bits per heavy atom. The molecule has 1 heteroatoms. The normalized spacial score (nSPS) is 33.2. The van der Waals surface area contributed by atoms with Gasteiger partial charge in [-0.05, 0) is 0 Å². The lowest BCUT2D eigenvalue weighted by Crippen LogP contribution is -2.71. The highest BCUT2D eigenvalue weighted by Gasteiger charge is 2.34. The molecule has 1 N–H and O–H groups in total. The molecule has 0 fully saturated rings. The summed E-state index contributed by atoms with van der Waals surface area (Å²) in [6.45, 7) is 0. The molecule has 1 nitrogen and oxygen atoms in total. The van der Waals surface area contributed by atoms with Crippen molar-refractivity contribution >= 4 is 5.71 Å². The Hall–Kier alpha value is -1.50. The van der Waals surface area contributed by atoms with Gasteiger partial charge in [-0.3, -0.25) is 0 Å². The Balaban J connectivity index is 2.03. The van der Waals surface area contributed by atoms with E-state index in [1.165, 1.54) is 11.8 Å². The summed E-state index contributed by atoms with van der Waals surface area (Å²) in [5.74, 6) is 1.09. The fourth-order valence-electron chi connectivity index (χ4n) is 2.16. The molecule has 1 aliphatic heterocycles. The molecule has 0 aromatic rings. The molecule has 0 radical (unpaired) electrons. The monoisotopic (exact) mass is 169 g/mol. The Morgan fingerprint density at radius 2 is 2.00 bits per heavy atom. The molecule has 0 aromatic heterocycles. The van der Waals surface area contributed by atoms with Crippen molar-refractivity contribution in [3.8, 4) is 0 Å². The summed E-state index contributed by atoms with van der Waals surface area (Å²) >= 11 is 0. The zero-order chi connectivity index (χ0) is 8.67. The second-order valence-electron chi connectivity index (χ2n) is 3.58. The van der Waals surface area contributed by atoms with Crippen LogP contribution < -0.4 is 4.99 Å². The first-order chi connectivity index (χ1) is 6.45. The number of hydrogen-bond donors (Lipinski definition) is 1. The van der Waals surface area contributed by atoms with E-state index in [1.807, 2.05) is 0 Å². The summed E-state index contributed by atoms with van der Waals surface area (Å²) in [6, 6.07) is 1.33. The van der Waals surface area contributed by atoms with Crippen LogP contribution in [0.3, 0.4) is 0 Å². The number of hydrogen-bond acceptors (Lipinski definition) is 0. The quantitative estimate of drug-likeness (QED) is 0.509. The first-order valence-corrected chi connectivity index (χ1v) is 4.65. The van der Waals surface area contributed by atoms with Crippen molar-refractivity contribution in [2.75, 3.05) is 0 Å². The van der Waals surface area contributed by atoms with Gasteiger partial charge in [-0.2, -0.15) is 6.08 Å². The molecule has 2 aliphatic carbocycles. The molecule has 1 heterocycles. The SMILES string of the molecule is C1=CC2=[NH+][C-]3C=CC=CC3C2C=C1. The Morgan fingerprint density at radius 1 is 1.08 bits per heavy atom. The first kappa shape index (κ1) is 6.96. The number of rotatable bonds is 0. The number of nitrogens with one attached hydrogen (secondary N) is 1. The molecule has 0 amide bonds. The molecule has 2 atom stereocenters. The van der Waals surface area contributed by atoms with Gasteiger partial charge in [0.25, 0.3) is 0 Å². The van der Waals surface area contributed by atoms with E-state index in [0.29, 0.717) is 11.8 Å². The molecule has 0 spiro atoms. The molecular formula is C12H11N. The second kappa shape index (κ2) is 2.49. The van der Waals surface area contributed by atoms with Crippen LogP contribution >= 0.6 is 0 Å². The maximum Gasteiger partial charge on any atom is 0.0936 e. The summed E-state index contributed by atoms with van der Waals surface area (Å²) in [5.41, 5.74) is 1.33. The standard InChI is InChI=1S/C12H11N/c1-3-7-11-9(5-1)10-6-2-4-8-12(10)13-11/h1-10,13H. The molecule has 0 aromatic carbocycles. The Bertz CT molecular complexity index is 369. The van der Waals surface area contributed by atoms with Gasteiger partial charge in [0.15, 0.2) is 0 Å². The van der Waals surface area contributed by atoms with Crippen molar-refractivity contribution in [2.45, 2.75) is 0 Å². The largest absolute Gasteiger partial charge is 0.318 e. The van der Waals surface area contributed by atoms with Crippen LogP contribution in [0.4, 0.5) is 0 Å². The topological polar surface area (TPSA) is 14.0 Å². The lowest BCUT2D eigenvalue weighted by atomic mass is 9.83. The van der Waals surface area contributed by atoms with Crippen LogP contribution in [0.25, 0.3) is 0 Å². The van der Waals surface area contributed by atoms with E-state index in [2.05, 4.69) is 53.6 Å². The fourth-order valence-corrected chi connectivity index (χ4v) is 2.16. The fraction of sp³-hybridized carbons (Fsp3) is 0.167. The third-order valence-corrected chi connectivity index (χ3v) is 2.80. The molecule has 0 saturated heterocycles. The van der Waals surface area contributed by atoms with E-state index >= 15 is 0 Å². The van der Waals surface area contributed by atoms with Crippen LogP contribution in [0, 0.1) is 17.9 Å². The van der Waals surface area contributed by atoms with Gasteiger partial charge in [-0.1, -0.05) is 30.4 Å². The minimum Gasteiger partial charge on any atom is -0.318 e. The predicted octanol–water partition coefficient (Wildman–Crippen LogP) is 0.538. The highest BCUT2D eigenvalue weighted by molar-refractivity contribution is 5.96. The minimum atomic E-state index is 0.543. The van der Waals surface area contributed by atoms with Gasteiger partial charge in [0.1, 0.15) is 0 Å². The van der Waals surface area contributed by atoms with Crippen LogP contribution in [0.1, 0.15) is 0 Å². The zero-order valence-electron chi connectivity index (χ0n) is 7.27. The van der Waals surface area contributed by atoms with Crippen LogP contribution in [-0.2, 0) is 0 Å². The van der Waals surface area contributed by atoms with E-state index in [-0.39, 0.29) is 0 Å². The van der Waals surface area contributed by atoms with Gasteiger partial charge in [-0.15, -0.1) is 12.2 Å². The summed E-state index contributed by atoms with van der Waals surface area (Å²) in [7, 11) is 0. The van der Waals surface area contributed by atoms with Crippen LogP contribution in [0.5, 0.6) is 0 Å². The van der Waals surface area contributed by atoms with Gasteiger partial charge in [0.05, 0.1) is 11.8 Å². The minimum absolute atomic E-state index is 0.543. The molecule has 13 heavy (non-hydrogen) atoms. The van der Waals surface area contributed by atoms with E-state index in [4.69, 9.17) is 0 Å². The third-order valence-electron chi connectivity index (χ3n) is 2.80. The molecule has 2 unspecified atom stereocenters. The predicted molar refractivity (Wildman–Crippen MR) is 52.8 cm³/mol. The van der Waals surface area contributed by atoms with E-state index in [0.717, 1.165) is 0 Å². The van der Waals surface area contributed by atoms with Gasteiger partial charge < -0.3 is 4.99 Å². The first-order valence-electron chi connectivity index (χ1n) is 4.65. The number of allylic oxidation sites excluding steroid dienone is 6. The molecule has 64 valence electrons. The molecular weight excluding hydrogens is 158 g/mol. The maximum atomic E-state index is 3.45. The van der Waals surface area contributed by atoms with E-state index in [9.17, 15) is 0 Å². The molecule has 3 rings (SSSR count). The van der Waals surface area contributed by atoms with Crippen molar-refractivity contribution in [1.29, 1.82) is 0 Å². The summed E-state index contributed by atoms with van der Waals surface area (Å²) in [4.78, 5) is 3.45. The smallest absolute Gasteiger partial charge is 0.0936 e. The van der Waals surface area contributed by atoms with Gasteiger partial charge in [-0.25, -0.2) is 0 Å². The highest BCUT2D eigenvalue weighted by atomic mass is 14.9. The van der Waals surface area contributed by atoms with Crippen molar-refractivity contribution in [3.05, 3.63) is 54.7 Å². The van der Waals surface area contributed by atoms with Crippen molar-refractivity contribution < 1.29 is 4.99 Å². The lowest BCUT2D eigenvalue weighted by molar-refractivity contribution is -0.427. The molecule has 3 aliphatic rings. The maximum absolute atomic E-state index is 3.45. The van der Waals surface area contributed by atoms with Crippen LogP contribution in [0.2, 0.25) is 0 Å². The zero-order valence-corrected chi connectivity index (χ0v) is 7.27. The van der Waals surface area contributed by atoms with Crippen molar-refractivity contribution in [1.82, 2.24) is 0 Å². The molecule has 0 bridgehead atoms. The van der Waals surface area contributed by atoms with E-state index in [1.54, 1.807) is 0 Å². The highest BCUT2D eigenvalue weighted by Crippen LogP contribution is 2.30. The lowest BCUT2D eigenvalue weighted by Gasteiger charge is -2.20. The van der Waals surface area contributed by atoms with E-state index < -0.39 is 0 Å². The van der Waals surface area contributed by atoms with Gasteiger partial charge in [0.2, 0.25) is 0 Å². The van der Waals surface area contributed by atoms with Crippen LogP contribution in [0.15, 0.2) is 48.6 Å². The number of fused-ring (bicyclic) bond motifs is 3. The van der Waals surface area contributed by atoms with Gasteiger partial charge in [0, 0.05) is 11.8 Å². The molecule has 0 saturated carbocycles. The Kier molecular flexibility index (Phi) is 1.33. The van der Waals surface area contributed by atoms with Crippen LogP contribution in [-0.4, -0.2) is 5.71 Å². The third kappa shape index (κ3) is 0.934. The average molecular weight is 169 g/mol. The van der Waals surface area contributed by atoms with Crippen molar-refractivity contribution in [2.24, 2.45) is 11.8 Å². The Labute approximate surface area is 77.9 Å². The summed E-state index contributed by atoms with van der Waals surface area (Å²) in [6.07, 6.45) is 17.3. The van der Waals surface area contributed by atoms with Gasteiger partial charge >= 0.3 is 0 Å².